The molecule has 0 aromatic heterocycles. The summed E-state index contributed by atoms with van der Waals surface area (Å²) in [7, 11) is 0. The molecular weight excluding hydrogens is 289 g/mol. The molecule has 1 aromatic rings. The van der Waals surface area contributed by atoms with Gasteiger partial charge in [0.25, 0.3) is 0 Å². The molecule has 6 heteroatoms. The summed E-state index contributed by atoms with van der Waals surface area (Å²) in [5.74, 6) is -0.803. The van der Waals surface area contributed by atoms with Crippen LogP contribution in [-0.2, 0) is 9.59 Å². The van der Waals surface area contributed by atoms with Crippen LogP contribution >= 0.6 is 0 Å². The van der Waals surface area contributed by atoms with E-state index in [9.17, 15) is 14.0 Å². The lowest BCUT2D eigenvalue weighted by Gasteiger charge is -2.41. The SMILES string of the molecule is O=C(O)CC1(NC(=O)CCCOc2ccc(F)cc2)CCC1. The third kappa shape index (κ3) is 4.72. The minimum Gasteiger partial charge on any atom is -0.494 e. The Morgan fingerprint density at radius 2 is 1.95 bits per heavy atom. The van der Waals surface area contributed by atoms with Gasteiger partial charge in [-0.05, 0) is 49.9 Å². The molecule has 22 heavy (non-hydrogen) atoms. The first kappa shape index (κ1) is 16.3. The van der Waals surface area contributed by atoms with Crippen LogP contribution in [0.15, 0.2) is 24.3 Å². The van der Waals surface area contributed by atoms with Crippen molar-refractivity contribution in [2.45, 2.75) is 44.1 Å². The van der Waals surface area contributed by atoms with Crippen molar-refractivity contribution >= 4 is 11.9 Å². The van der Waals surface area contributed by atoms with Gasteiger partial charge in [-0.15, -0.1) is 0 Å². The van der Waals surface area contributed by atoms with Crippen molar-refractivity contribution in [1.29, 1.82) is 0 Å². The van der Waals surface area contributed by atoms with E-state index in [1.165, 1.54) is 24.3 Å². The van der Waals surface area contributed by atoms with Gasteiger partial charge in [-0.25, -0.2) is 4.39 Å². The molecule has 0 saturated heterocycles. The van der Waals surface area contributed by atoms with Crippen LogP contribution < -0.4 is 10.1 Å². The highest BCUT2D eigenvalue weighted by atomic mass is 19.1. The number of hydrogen-bond acceptors (Lipinski definition) is 3. The number of aliphatic carboxylic acids is 1. The summed E-state index contributed by atoms with van der Waals surface area (Å²) in [5.41, 5.74) is -0.555. The molecule has 0 radical (unpaired) electrons. The fraction of sp³-hybridized carbons (Fsp3) is 0.500. The number of nitrogens with one attached hydrogen (secondary N) is 1. The van der Waals surface area contributed by atoms with Crippen molar-refractivity contribution in [2.24, 2.45) is 0 Å². The number of amides is 1. The number of ether oxygens (including phenoxy) is 1. The highest BCUT2D eigenvalue weighted by molar-refractivity contribution is 5.78. The minimum absolute atomic E-state index is 0.0230. The van der Waals surface area contributed by atoms with Crippen molar-refractivity contribution < 1.29 is 23.8 Å². The molecule has 0 unspecified atom stereocenters. The third-order valence-corrected chi connectivity index (χ3v) is 3.84. The number of halogens is 1. The Labute approximate surface area is 128 Å². The van der Waals surface area contributed by atoms with E-state index in [4.69, 9.17) is 9.84 Å². The van der Waals surface area contributed by atoms with E-state index in [0.29, 0.717) is 18.8 Å². The summed E-state index contributed by atoms with van der Waals surface area (Å²) < 4.78 is 18.1. The number of rotatable bonds is 8. The Bertz CT molecular complexity index is 525. The lowest BCUT2D eigenvalue weighted by atomic mass is 9.74. The molecule has 0 bridgehead atoms. The molecule has 1 amide bonds. The third-order valence-electron chi connectivity index (χ3n) is 3.84. The molecule has 0 atom stereocenters. The predicted octanol–water partition coefficient (Wildman–Crippen LogP) is 2.50. The van der Waals surface area contributed by atoms with E-state index in [1.807, 2.05) is 0 Å². The first-order chi connectivity index (χ1) is 10.5. The van der Waals surface area contributed by atoms with Gasteiger partial charge in [0.15, 0.2) is 0 Å². The Morgan fingerprint density at radius 1 is 1.27 bits per heavy atom. The number of carbonyl (C=O) groups excluding carboxylic acids is 1. The van der Waals surface area contributed by atoms with Crippen molar-refractivity contribution in [1.82, 2.24) is 5.32 Å². The van der Waals surface area contributed by atoms with Crippen LogP contribution in [0.25, 0.3) is 0 Å². The van der Waals surface area contributed by atoms with Gasteiger partial charge < -0.3 is 15.2 Å². The minimum atomic E-state index is -0.889. The van der Waals surface area contributed by atoms with Crippen molar-refractivity contribution in [2.75, 3.05) is 6.61 Å². The second-order valence-corrected chi connectivity index (χ2v) is 5.66. The molecule has 1 aliphatic rings. The summed E-state index contributed by atoms with van der Waals surface area (Å²) in [6, 6.07) is 5.69. The van der Waals surface area contributed by atoms with Crippen molar-refractivity contribution in [3.05, 3.63) is 30.1 Å². The fourth-order valence-corrected chi connectivity index (χ4v) is 2.55. The molecule has 5 nitrogen and oxygen atoms in total. The fourth-order valence-electron chi connectivity index (χ4n) is 2.55. The van der Waals surface area contributed by atoms with Gasteiger partial charge >= 0.3 is 5.97 Å². The van der Waals surface area contributed by atoms with Crippen LogP contribution in [0.1, 0.15) is 38.5 Å². The number of benzene rings is 1. The molecular formula is C16H20FNO4. The molecule has 0 heterocycles. The van der Waals surface area contributed by atoms with E-state index in [0.717, 1.165) is 19.3 Å². The van der Waals surface area contributed by atoms with E-state index >= 15 is 0 Å². The number of carboxylic acid groups (broad SMARTS) is 1. The molecule has 120 valence electrons. The smallest absolute Gasteiger partial charge is 0.305 e. The van der Waals surface area contributed by atoms with Crippen molar-refractivity contribution in [3.63, 3.8) is 0 Å². The number of carboxylic acids is 1. The topological polar surface area (TPSA) is 75.6 Å². The standard InChI is InChI=1S/C16H20FNO4/c17-12-4-6-13(7-5-12)22-10-1-3-14(19)18-16(8-2-9-16)11-15(20)21/h4-7H,1-3,8-11H2,(H,18,19)(H,20,21). The summed E-state index contributed by atoms with van der Waals surface area (Å²) in [6.07, 6.45) is 3.16. The normalized spacial score (nSPS) is 15.7. The van der Waals surface area contributed by atoms with E-state index in [1.54, 1.807) is 0 Å². The summed E-state index contributed by atoms with van der Waals surface area (Å²) in [4.78, 5) is 22.7. The summed E-state index contributed by atoms with van der Waals surface area (Å²) in [6.45, 7) is 0.352. The molecule has 0 spiro atoms. The van der Waals surface area contributed by atoms with Gasteiger partial charge in [0.05, 0.1) is 18.6 Å². The maximum Gasteiger partial charge on any atom is 0.305 e. The predicted molar refractivity (Wildman–Crippen MR) is 78.1 cm³/mol. The maximum absolute atomic E-state index is 12.7. The molecule has 1 fully saturated rings. The lowest BCUT2D eigenvalue weighted by Crippen LogP contribution is -2.54. The average molecular weight is 309 g/mol. The number of hydrogen-bond donors (Lipinski definition) is 2. The number of carbonyl (C=O) groups is 2. The zero-order chi connectivity index (χ0) is 16.0. The van der Waals surface area contributed by atoms with Crippen LogP contribution in [-0.4, -0.2) is 29.1 Å². The molecule has 1 saturated carbocycles. The first-order valence-electron chi connectivity index (χ1n) is 7.40. The Kier molecular flexibility index (Phi) is 5.35. The summed E-state index contributed by atoms with van der Waals surface area (Å²) >= 11 is 0. The molecule has 0 aliphatic heterocycles. The lowest BCUT2D eigenvalue weighted by molar-refractivity contribution is -0.140. The van der Waals surface area contributed by atoms with Gasteiger partial charge in [-0.3, -0.25) is 9.59 Å². The first-order valence-corrected chi connectivity index (χ1v) is 7.40. The van der Waals surface area contributed by atoms with Crippen LogP contribution in [0.3, 0.4) is 0 Å². The molecule has 2 rings (SSSR count). The quantitative estimate of drug-likeness (QED) is 0.723. The highest BCUT2D eigenvalue weighted by Crippen LogP contribution is 2.35. The molecule has 2 N–H and O–H groups in total. The van der Waals surface area contributed by atoms with Crippen molar-refractivity contribution in [3.8, 4) is 5.75 Å². The van der Waals surface area contributed by atoms with Crippen LogP contribution in [0.2, 0.25) is 0 Å². The maximum atomic E-state index is 12.7. The van der Waals surface area contributed by atoms with Gasteiger partial charge in [-0.1, -0.05) is 0 Å². The van der Waals surface area contributed by atoms with Gasteiger partial charge in [0.1, 0.15) is 11.6 Å². The van der Waals surface area contributed by atoms with E-state index in [-0.39, 0.29) is 24.6 Å². The Hall–Kier alpha value is -2.11. The second-order valence-electron chi connectivity index (χ2n) is 5.66. The van der Waals surface area contributed by atoms with Gasteiger partial charge in [0.2, 0.25) is 5.91 Å². The summed E-state index contributed by atoms with van der Waals surface area (Å²) in [5, 5.41) is 11.7. The monoisotopic (exact) mass is 309 g/mol. The Balaban J connectivity index is 1.67. The van der Waals surface area contributed by atoms with Gasteiger partial charge in [0, 0.05) is 6.42 Å². The van der Waals surface area contributed by atoms with Crippen LogP contribution in [0.5, 0.6) is 5.75 Å². The molecule has 1 aromatic carbocycles. The van der Waals surface area contributed by atoms with Gasteiger partial charge in [-0.2, -0.15) is 0 Å². The van der Waals surface area contributed by atoms with E-state index in [2.05, 4.69) is 5.32 Å². The Morgan fingerprint density at radius 3 is 2.50 bits per heavy atom. The van der Waals surface area contributed by atoms with Crippen LogP contribution in [0, 0.1) is 5.82 Å². The zero-order valence-corrected chi connectivity index (χ0v) is 12.3. The second kappa shape index (κ2) is 7.24. The highest BCUT2D eigenvalue weighted by Gasteiger charge is 2.40. The average Bonchev–Trinajstić information content (AvgIpc) is 2.42. The largest absolute Gasteiger partial charge is 0.494 e. The van der Waals surface area contributed by atoms with Crippen LogP contribution in [0.4, 0.5) is 4.39 Å². The van der Waals surface area contributed by atoms with E-state index < -0.39 is 11.5 Å². The molecule has 1 aliphatic carbocycles. The zero-order valence-electron chi connectivity index (χ0n) is 12.3.